The van der Waals surface area contributed by atoms with Crippen molar-refractivity contribution in [2.45, 2.75) is 27.2 Å². The van der Waals surface area contributed by atoms with Gasteiger partial charge in [-0.25, -0.2) is 9.37 Å². The molecule has 0 amide bonds. The zero-order valence-corrected chi connectivity index (χ0v) is 15.3. The number of nitrogens with one attached hydrogen (secondary N) is 2. The molecule has 0 saturated heterocycles. The number of anilines is 3. The first kappa shape index (κ1) is 17.9. The van der Waals surface area contributed by atoms with Crippen molar-refractivity contribution < 1.29 is 4.39 Å². The van der Waals surface area contributed by atoms with Gasteiger partial charge in [0.2, 0.25) is 5.95 Å². The number of aryl methyl sites for hydroxylation is 3. The highest BCUT2D eigenvalue weighted by Gasteiger charge is 2.05. The maximum Gasteiger partial charge on any atom is 0.229 e. The van der Waals surface area contributed by atoms with Crippen LogP contribution in [0.5, 0.6) is 0 Å². The molecule has 1 heterocycles. The lowest BCUT2D eigenvalue weighted by Gasteiger charge is -2.11. The van der Waals surface area contributed by atoms with Gasteiger partial charge in [-0.3, -0.25) is 0 Å². The number of rotatable bonds is 6. The van der Waals surface area contributed by atoms with Gasteiger partial charge in [-0.15, -0.1) is 0 Å². The second kappa shape index (κ2) is 7.95. The molecule has 0 aliphatic carbocycles. The molecule has 26 heavy (non-hydrogen) atoms. The molecule has 0 radical (unpaired) electrons. The molecular weight excluding hydrogens is 327 g/mol. The molecule has 0 spiro atoms. The molecule has 3 rings (SSSR count). The molecule has 0 saturated carbocycles. The number of halogens is 1. The number of hydrogen-bond donors (Lipinski definition) is 2. The molecule has 0 fully saturated rings. The SMILES string of the molecule is Cc1cc(C)cc(Nc2nc(C)cc(NCCc3ccccc3F)n2)c1. The highest BCUT2D eigenvalue weighted by Crippen LogP contribution is 2.19. The van der Waals surface area contributed by atoms with E-state index in [4.69, 9.17) is 0 Å². The largest absolute Gasteiger partial charge is 0.370 e. The minimum absolute atomic E-state index is 0.176. The second-order valence-corrected chi connectivity index (χ2v) is 6.49. The smallest absolute Gasteiger partial charge is 0.229 e. The van der Waals surface area contributed by atoms with Crippen LogP contribution in [0.3, 0.4) is 0 Å². The summed E-state index contributed by atoms with van der Waals surface area (Å²) in [5.74, 6) is 1.09. The van der Waals surface area contributed by atoms with Gasteiger partial charge in [0.05, 0.1) is 0 Å². The van der Waals surface area contributed by atoms with Crippen molar-refractivity contribution >= 4 is 17.5 Å². The van der Waals surface area contributed by atoms with Crippen LogP contribution in [0.15, 0.2) is 48.5 Å². The van der Waals surface area contributed by atoms with Gasteiger partial charge >= 0.3 is 0 Å². The molecule has 3 aromatic rings. The summed E-state index contributed by atoms with van der Waals surface area (Å²) >= 11 is 0. The van der Waals surface area contributed by atoms with Crippen LogP contribution in [0.4, 0.5) is 21.8 Å². The number of nitrogens with zero attached hydrogens (tertiary/aromatic N) is 2. The van der Waals surface area contributed by atoms with Gasteiger partial charge in [-0.2, -0.15) is 4.98 Å². The molecule has 0 atom stereocenters. The Bertz CT molecular complexity index is 888. The fourth-order valence-electron chi connectivity index (χ4n) is 2.92. The Morgan fingerprint density at radius 1 is 0.923 bits per heavy atom. The van der Waals surface area contributed by atoms with Gasteiger partial charge in [-0.05, 0) is 62.1 Å². The summed E-state index contributed by atoms with van der Waals surface area (Å²) in [6.07, 6.45) is 0.593. The Balaban J connectivity index is 1.68. The molecular formula is C21H23FN4. The monoisotopic (exact) mass is 350 g/mol. The quantitative estimate of drug-likeness (QED) is 0.661. The number of aromatic nitrogens is 2. The van der Waals surface area contributed by atoms with E-state index in [1.54, 1.807) is 12.1 Å². The van der Waals surface area contributed by atoms with Gasteiger partial charge < -0.3 is 10.6 Å². The molecule has 134 valence electrons. The van der Waals surface area contributed by atoms with E-state index in [0.29, 0.717) is 24.5 Å². The fourth-order valence-corrected chi connectivity index (χ4v) is 2.92. The van der Waals surface area contributed by atoms with E-state index in [0.717, 1.165) is 17.2 Å². The fraction of sp³-hybridized carbons (Fsp3) is 0.238. The Kier molecular flexibility index (Phi) is 5.46. The zero-order chi connectivity index (χ0) is 18.5. The van der Waals surface area contributed by atoms with Crippen molar-refractivity contribution in [2.75, 3.05) is 17.2 Å². The van der Waals surface area contributed by atoms with Crippen LogP contribution in [-0.4, -0.2) is 16.5 Å². The highest BCUT2D eigenvalue weighted by atomic mass is 19.1. The summed E-state index contributed by atoms with van der Waals surface area (Å²) in [6, 6.07) is 15.0. The summed E-state index contributed by atoms with van der Waals surface area (Å²) in [5.41, 5.74) is 4.89. The first-order valence-corrected chi connectivity index (χ1v) is 8.68. The predicted molar refractivity (Wildman–Crippen MR) is 105 cm³/mol. The highest BCUT2D eigenvalue weighted by molar-refractivity contribution is 5.57. The van der Waals surface area contributed by atoms with Gasteiger partial charge in [0, 0.05) is 24.0 Å². The van der Waals surface area contributed by atoms with E-state index in [-0.39, 0.29) is 5.82 Å². The minimum atomic E-state index is -0.176. The summed E-state index contributed by atoms with van der Waals surface area (Å²) in [7, 11) is 0. The van der Waals surface area contributed by atoms with Crippen LogP contribution in [0.25, 0.3) is 0 Å². The lowest BCUT2D eigenvalue weighted by Crippen LogP contribution is -2.09. The lowest BCUT2D eigenvalue weighted by molar-refractivity contribution is 0.610. The molecule has 0 aliphatic heterocycles. The standard InChI is InChI=1S/C21H23FN4/c1-14-10-15(2)12-18(11-14)25-21-24-16(3)13-20(26-21)23-9-8-17-6-4-5-7-19(17)22/h4-7,10-13H,8-9H2,1-3H3,(H2,23,24,25,26). The van der Waals surface area contributed by atoms with Crippen molar-refractivity contribution in [3.8, 4) is 0 Å². The molecule has 2 aromatic carbocycles. The van der Waals surface area contributed by atoms with E-state index >= 15 is 0 Å². The van der Waals surface area contributed by atoms with Crippen molar-refractivity contribution in [2.24, 2.45) is 0 Å². The van der Waals surface area contributed by atoms with E-state index in [2.05, 4.69) is 52.6 Å². The number of hydrogen-bond acceptors (Lipinski definition) is 4. The van der Waals surface area contributed by atoms with Crippen molar-refractivity contribution in [1.29, 1.82) is 0 Å². The Morgan fingerprint density at radius 2 is 1.65 bits per heavy atom. The first-order valence-electron chi connectivity index (χ1n) is 8.68. The maximum absolute atomic E-state index is 13.7. The van der Waals surface area contributed by atoms with Crippen LogP contribution in [0, 0.1) is 26.6 Å². The van der Waals surface area contributed by atoms with Gasteiger partial charge in [0.15, 0.2) is 0 Å². The summed E-state index contributed by atoms with van der Waals surface area (Å²) < 4.78 is 13.7. The lowest BCUT2D eigenvalue weighted by atomic mass is 10.1. The molecule has 5 heteroatoms. The summed E-state index contributed by atoms with van der Waals surface area (Å²) in [5, 5.41) is 6.51. The van der Waals surface area contributed by atoms with Crippen LogP contribution in [-0.2, 0) is 6.42 Å². The normalized spacial score (nSPS) is 10.6. The van der Waals surface area contributed by atoms with Gasteiger partial charge in [-0.1, -0.05) is 24.3 Å². The minimum Gasteiger partial charge on any atom is -0.370 e. The molecule has 2 N–H and O–H groups in total. The Labute approximate surface area is 153 Å². The molecule has 0 unspecified atom stereocenters. The van der Waals surface area contributed by atoms with E-state index < -0.39 is 0 Å². The van der Waals surface area contributed by atoms with E-state index in [1.165, 1.54) is 17.2 Å². The van der Waals surface area contributed by atoms with Crippen LogP contribution >= 0.6 is 0 Å². The maximum atomic E-state index is 13.7. The zero-order valence-electron chi connectivity index (χ0n) is 15.3. The van der Waals surface area contributed by atoms with Crippen LogP contribution in [0.2, 0.25) is 0 Å². The summed E-state index contributed by atoms with van der Waals surface area (Å²) in [6.45, 7) is 6.65. The predicted octanol–water partition coefficient (Wildman–Crippen LogP) is 4.94. The Morgan fingerprint density at radius 3 is 2.38 bits per heavy atom. The Hall–Kier alpha value is -2.95. The third kappa shape index (κ3) is 4.79. The average molecular weight is 350 g/mol. The third-order valence-corrected chi connectivity index (χ3v) is 3.99. The van der Waals surface area contributed by atoms with Crippen LogP contribution in [0.1, 0.15) is 22.4 Å². The average Bonchev–Trinajstić information content (AvgIpc) is 2.55. The number of benzene rings is 2. The molecule has 0 aliphatic rings. The van der Waals surface area contributed by atoms with E-state index in [1.807, 2.05) is 19.1 Å². The van der Waals surface area contributed by atoms with Gasteiger partial charge in [0.25, 0.3) is 0 Å². The van der Waals surface area contributed by atoms with Crippen molar-refractivity contribution in [3.05, 3.63) is 76.7 Å². The summed E-state index contributed by atoms with van der Waals surface area (Å²) in [4.78, 5) is 8.96. The second-order valence-electron chi connectivity index (χ2n) is 6.49. The molecule has 1 aromatic heterocycles. The van der Waals surface area contributed by atoms with Crippen molar-refractivity contribution in [1.82, 2.24) is 9.97 Å². The van der Waals surface area contributed by atoms with Crippen LogP contribution < -0.4 is 10.6 Å². The van der Waals surface area contributed by atoms with Gasteiger partial charge in [0.1, 0.15) is 11.6 Å². The van der Waals surface area contributed by atoms with E-state index in [9.17, 15) is 4.39 Å². The topological polar surface area (TPSA) is 49.8 Å². The molecule has 0 bridgehead atoms. The first-order chi connectivity index (χ1) is 12.5. The molecule has 4 nitrogen and oxygen atoms in total. The third-order valence-electron chi connectivity index (χ3n) is 3.99. The van der Waals surface area contributed by atoms with Crippen molar-refractivity contribution in [3.63, 3.8) is 0 Å².